The Morgan fingerprint density at radius 3 is 3.09 bits per heavy atom. The Morgan fingerprint density at radius 1 is 1.36 bits per heavy atom. The van der Waals surface area contributed by atoms with Crippen LogP contribution in [-0.2, 0) is 17.6 Å². The monoisotopic (exact) mass is 314 g/mol. The van der Waals surface area contributed by atoms with Gasteiger partial charge in [-0.25, -0.2) is 0 Å². The van der Waals surface area contributed by atoms with Crippen molar-refractivity contribution in [3.63, 3.8) is 0 Å². The highest BCUT2D eigenvalue weighted by Gasteiger charge is 2.23. The van der Waals surface area contributed by atoms with Gasteiger partial charge in [-0.15, -0.1) is 11.3 Å². The van der Waals surface area contributed by atoms with Gasteiger partial charge in [0.1, 0.15) is 0 Å². The number of pyridine rings is 1. The van der Waals surface area contributed by atoms with E-state index in [9.17, 15) is 4.79 Å². The van der Waals surface area contributed by atoms with E-state index in [4.69, 9.17) is 0 Å². The lowest BCUT2D eigenvalue weighted by molar-refractivity contribution is -0.132. The average molecular weight is 314 g/mol. The first-order valence-electron chi connectivity index (χ1n) is 8.00. The predicted octanol–water partition coefficient (Wildman–Crippen LogP) is 3.56. The molecule has 1 amide bonds. The zero-order valence-corrected chi connectivity index (χ0v) is 13.6. The highest BCUT2D eigenvalue weighted by molar-refractivity contribution is 7.09. The molecule has 3 nitrogen and oxygen atoms in total. The Kier molecular flexibility index (Phi) is 5.22. The number of piperidine rings is 1. The summed E-state index contributed by atoms with van der Waals surface area (Å²) in [5.41, 5.74) is 1.28. The van der Waals surface area contributed by atoms with Gasteiger partial charge >= 0.3 is 0 Å². The number of carbonyl (C=O) groups excluding carboxylic acids is 1. The number of nitrogens with zero attached hydrogens (tertiary/aromatic N) is 2. The van der Waals surface area contributed by atoms with E-state index in [1.165, 1.54) is 16.9 Å². The molecule has 3 rings (SSSR count). The smallest absolute Gasteiger partial charge is 0.222 e. The number of rotatable bonds is 5. The maximum absolute atomic E-state index is 12.4. The zero-order chi connectivity index (χ0) is 15.2. The van der Waals surface area contributed by atoms with Gasteiger partial charge in [-0.3, -0.25) is 9.78 Å². The summed E-state index contributed by atoms with van der Waals surface area (Å²) in [6, 6.07) is 8.28. The van der Waals surface area contributed by atoms with E-state index in [1.807, 2.05) is 18.5 Å². The van der Waals surface area contributed by atoms with Crippen LogP contribution in [-0.4, -0.2) is 28.9 Å². The van der Waals surface area contributed by atoms with Crippen LogP contribution >= 0.6 is 11.3 Å². The van der Waals surface area contributed by atoms with Gasteiger partial charge in [0.05, 0.1) is 0 Å². The van der Waals surface area contributed by atoms with Crippen LogP contribution in [0.3, 0.4) is 0 Å². The van der Waals surface area contributed by atoms with Crippen molar-refractivity contribution in [2.75, 3.05) is 13.1 Å². The maximum Gasteiger partial charge on any atom is 0.222 e. The van der Waals surface area contributed by atoms with Crippen LogP contribution in [0, 0.1) is 5.92 Å². The van der Waals surface area contributed by atoms with Crippen molar-refractivity contribution < 1.29 is 4.79 Å². The summed E-state index contributed by atoms with van der Waals surface area (Å²) in [6.07, 6.45) is 8.63. The second kappa shape index (κ2) is 7.54. The summed E-state index contributed by atoms with van der Waals surface area (Å²) >= 11 is 1.74. The average Bonchev–Trinajstić information content (AvgIpc) is 3.07. The number of thiophene rings is 1. The second-order valence-electron chi connectivity index (χ2n) is 5.99. The molecule has 1 atom stereocenters. The quantitative estimate of drug-likeness (QED) is 0.845. The van der Waals surface area contributed by atoms with Crippen molar-refractivity contribution in [1.29, 1.82) is 0 Å². The molecule has 0 unspecified atom stereocenters. The second-order valence-corrected chi connectivity index (χ2v) is 7.03. The number of carbonyl (C=O) groups is 1. The number of hydrogen-bond acceptors (Lipinski definition) is 3. The van der Waals surface area contributed by atoms with E-state index < -0.39 is 0 Å². The van der Waals surface area contributed by atoms with Gasteiger partial charge in [-0.2, -0.15) is 0 Å². The minimum Gasteiger partial charge on any atom is -0.342 e. The van der Waals surface area contributed by atoms with E-state index in [0.29, 0.717) is 18.2 Å². The molecular formula is C18H22N2OS. The van der Waals surface area contributed by atoms with Crippen molar-refractivity contribution in [2.45, 2.75) is 32.1 Å². The van der Waals surface area contributed by atoms with Crippen molar-refractivity contribution in [1.82, 2.24) is 9.88 Å². The molecular weight excluding hydrogens is 292 g/mol. The molecule has 0 aliphatic carbocycles. The highest BCUT2D eigenvalue weighted by Crippen LogP contribution is 2.21. The molecule has 2 aromatic heterocycles. The third kappa shape index (κ3) is 4.17. The Labute approximate surface area is 136 Å². The molecule has 0 spiro atoms. The molecule has 116 valence electrons. The normalized spacial score (nSPS) is 18.4. The molecule has 1 aliphatic rings. The van der Waals surface area contributed by atoms with E-state index in [1.54, 1.807) is 11.3 Å². The molecule has 2 aromatic rings. The van der Waals surface area contributed by atoms with Gasteiger partial charge < -0.3 is 4.90 Å². The Bertz CT molecular complexity index is 582. The summed E-state index contributed by atoms with van der Waals surface area (Å²) < 4.78 is 0. The fourth-order valence-electron chi connectivity index (χ4n) is 3.15. The SMILES string of the molecule is O=C(CCc1cccs1)N1CCC[C@@H](Cc2cccnc2)C1. The molecule has 1 aliphatic heterocycles. The molecule has 1 saturated heterocycles. The largest absolute Gasteiger partial charge is 0.342 e. The Morgan fingerprint density at radius 2 is 2.32 bits per heavy atom. The summed E-state index contributed by atoms with van der Waals surface area (Å²) in [5.74, 6) is 0.882. The standard InChI is InChI=1S/C18H22N2OS/c21-18(8-7-17-6-3-11-22-17)20-10-2-5-16(14-20)12-15-4-1-9-19-13-15/h1,3-4,6,9,11,13,16H,2,5,7-8,10,12,14H2/t16-/m0/s1. The first kappa shape index (κ1) is 15.2. The van der Waals surface area contributed by atoms with E-state index in [0.717, 1.165) is 32.4 Å². The molecule has 22 heavy (non-hydrogen) atoms. The number of likely N-dealkylation sites (tertiary alicyclic amines) is 1. The summed E-state index contributed by atoms with van der Waals surface area (Å²) in [4.78, 5) is 20.0. The Hall–Kier alpha value is -1.68. The molecule has 0 aromatic carbocycles. The third-order valence-corrected chi connectivity index (χ3v) is 5.22. The molecule has 1 fully saturated rings. The molecule has 0 radical (unpaired) electrons. The molecule has 4 heteroatoms. The van der Waals surface area contributed by atoms with E-state index in [-0.39, 0.29) is 0 Å². The van der Waals surface area contributed by atoms with Crippen LogP contribution in [0.1, 0.15) is 29.7 Å². The van der Waals surface area contributed by atoms with E-state index in [2.05, 4.69) is 33.5 Å². The highest BCUT2D eigenvalue weighted by atomic mass is 32.1. The fraction of sp³-hybridized carbons (Fsp3) is 0.444. The fourth-order valence-corrected chi connectivity index (χ4v) is 3.86. The van der Waals surface area contributed by atoms with Gasteiger partial charge in [0.25, 0.3) is 0 Å². The molecule has 3 heterocycles. The molecule has 0 bridgehead atoms. The van der Waals surface area contributed by atoms with Gasteiger partial charge in [0.15, 0.2) is 0 Å². The van der Waals surface area contributed by atoms with Crippen molar-refractivity contribution >= 4 is 17.2 Å². The summed E-state index contributed by atoms with van der Waals surface area (Å²) in [7, 11) is 0. The van der Waals surface area contributed by atoms with Crippen LogP contribution in [0.4, 0.5) is 0 Å². The number of aryl methyl sites for hydroxylation is 1. The first-order chi connectivity index (χ1) is 10.8. The van der Waals surface area contributed by atoms with Crippen molar-refractivity contribution in [3.05, 3.63) is 52.5 Å². The van der Waals surface area contributed by atoms with Gasteiger partial charge in [0.2, 0.25) is 5.91 Å². The Balaban J connectivity index is 1.50. The van der Waals surface area contributed by atoms with Gasteiger partial charge in [0, 0.05) is 36.8 Å². The lowest BCUT2D eigenvalue weighted by Crippen LogP contribution is -2.40. The van der Waals surface area contributed by atoms with Crippen molar-refractivity contribution in [3.8, 4) is 0 Å². The summed E-state index contributed by atoms with van der Waals surface area (Å²) in [5, 5.41) is 2.07. The minimum atomic E-state index is 0.310. The summed E-state index contributed by atoms with van der Waals surface area (Å²) in [6.45, 7) is 1.82. The van der Waals surface area contributed by atoms with Crippen LogP contribution in [0.15, 0.2) is 42.0 Å². The van der Waals surface area contributed by atoms with Gasteiger partial charge in [-0.05, 0) is 54.7 Å². The molecule has 0 N–H and O–H groups in total. The van der Waals surface area contributed by atoms with Crippen LogP contribution < -0.4 is 0 Å². The van der Waals surface area contributed by atoms with Crippen LogP contribution in [0.5, 0.6) is 0 Å². The van der Waals surface area contributed by atoms with Gasteiger partial charge in [-0.1, -0.05) is 12.1 Å². The minimum absolute atomic E-state index is 0.310. The topological polar surface area (TPSA) is 33.2 Å². The lowest BCUT2D eigenvalue weighted by atomic mass is 9.91. The van der Waals surface area contributed by atoms with Crippen molar-refractivity contribution in [2.24, 2.45) is 5.92 Å². The first-order valence-corrected chi connectivity index (χ1v) is 8.88. The third-order valence-electron chi connectivity index (χ3n) is 4.28. The van der Waals surface area contributed by atoms with Crippen LogP contribution in [0.2, 0.25) is 0 Å². The van der Waals surface area contributed by atoms with Crippen LogP contribution in [0.25, 0.3) is 0 Å². The van der Waals surface area contributed by atoms with E-state index >= 15 is 0 Å². The number of hydrogen-bond donors (Lipinski definition) is 0. The predicted molar refractivity (Wildman–Crippen MR) is 89.9 cm³/mol. The zero-order valence-electron chi connectivity index (χ0n) is 12.8. The molecule has 0 saturated carbocycles. The maximum atomic E-state index is 12.4. The number of amides is 1. The number of aromatic nitrogens is 1. The lowest BCUT2D eigenvalue weighted by Gasteiger charge is -2.33.